The van der Waals surface area contributed by atoms with Gasteiger partial charge >= 0.3 is 5.97 Å². The maximum atomic E-state index is 11.9. The van der Waals surface area contributed by atoms with E-state index >= 15 is 0 Å². The van der Waals surface area contributed by atoms with Crippen LogP contribution in [0.2, 0.25) is 0 Å². The fraction of sp³-hybridized carbons (Fsp3) is 0.450. The summed E-state index contributed by atoms with van der Waals surface area (Å²) in [7, 11) is 0. The Morgan fingerprint density at radius 3 is 2.35 bits per heavy atom. The Hall–Kier alpha value is -2.63. The van der Waals surface area contributed by atoms with Gasteiger partial charge in [-0.3, -0.25) is 9.59 Å². The summed E-state index contributed by atoms with van der Waals surface area (Å²) in [4.78, 5) is 34.9. The summed E-state index contributed by atoms with van der Waals surface area (Å²) in [5, 5.41) is 5.62. The number of amides is 2. The highest BCUT2D eigenvalue weighted by molar-refractivity contribution is 5.91. The molecule has 6 heteroatoms. The first-order chi connectivity index (χ1) is 12.2. The Labute approximate surface area is 155 Å². The van der Waals surface area contributed by atoms with Gasteiger partial charge in [-0.15, -0.1) is 0 Å². The first-order valence-corrected chi connectivity index (χ1v) is 8.75. The third-order valence-corrected chi connectivity index (χ3v) is 3.44. The van der Waals surface area contributed by atoms with Crippen LogP contribution in [0.4, 0.5) is 5.69 Å². The summed E-state index contributed by atoms with van der Waals surface area (Å²) >= 11 is 0. The van der Waals surface area contributed by atoms with Crippen molar-refractivity contribution in [3.8, 4) is 0 Å². The second-order valence-corrected chi connectivity index (χ2v) is 6.87. The van der Waals surface area contributed by atoms with Crippen molar-refractivity contribution in [2.75, 3.05) is 18.5 Å². The molecule has 0 aliphatic heterocycles. The molecule has 142 valence electrons. The van der Waals surface area contributed by atoms with Crippen molar-refractivity contribution >= 4 is 29.5 Å². The number of nitrogens with one attached hydrogen (secondary N) is 2. The van der Waals surface area contributed by atoms with E-state index in [1.807, 2.05) is 20.8 Å². The summed E-state index contributed by atoms with van der Waals surface area (Å²) in [6.45, 7) is 8.11. The van der Waals surface area contributed by atoms with Crippen molar-refractivity contribution in [3.05, 3.63) is 35.9 Å². The van der Waals surface area contributed by atoms with Gasteiger partial charge in [-0.2, -0.15) is 0 Å². The van der Waals surface area contributed by atoms with Crippen LogP contribution in [0.1, 0.15) is 46.1 Å². The molecule has 0 heterocycles. The number of hydrogen-bond acceptors (Lipinski definition) is 4. The van der Waals surface area contributed by atoms with Gasteiger partial charge in [-0.25, -0.2) is 4.79 Å². The topological polar surface area (TPSA) is 84.5 Å². The summed E-state index contributed by atoms with van der Waals surface area (Å²) < 4.78 is 4.81. The molecule has 0 saturated heterocycles. The molecule has 1 aromatic rings. The molecule has 0 saturated carbocycles. The predicted octanol–water partition coefficient (Wildman–Crippen LogP) is 3.14. The van der Waals surface area contributed by atoms with E-state index in [1.54, 1.807) is 37.3 Å². The predicted molar refractivity (Wildman–Crippen MR) is 102 cm³/mol. The maximum Gasteiger partial charge on any atom is 0.330 e. The molecule has 6 nitrogen and oxygen atoms in total. The summed E-state index contributed by atoms with van der Waals surface area (Å²) in [6, 6.07) is 7.14. The van der Waals surface area contributed by atoms with Crippen molar-refractivity contribution in [2.24, 2.45) is 5.41 Å². The van der Waals surface area contributed by atoms with Crippen molar-refractivity contribution in [1.29, 1.82) is 0 Å². The maximum absolute atomic E-state index is 11.9. The van der Waals surface area contributed by atoms with Gasteiger partial charge in [0.1, 0.15) is 0 Å². The van der Waals surface area contributed by atoms with E-state index in [1.165, 1.54) is 6.08 Å². The molecule has 0 aromatic heterocycles. The largest absolute Gasteiger partial charge is 0.463 e. The lowest BCUT2D eigenvalue weighted by Crippen LogP contribution is -2.35. The van der Waals surface area contributed by atoms with Crippen molar-refractivity contribution in [1.82, 2.24) is 5.32 Å². The van der Waals surface area contributed by atoms with Gasteiger partial charge < -0.3 is 15.4 Å². The Morgan fingerprint density at radius 1 is 1.12 bits per heavy atom. The summed E-state index contributed by atoms with van der Waals surface area (Å²) in [6.07, 6.45) is 3.92. The third-order valence-electron chi connectivity index (χ3n) is 3.44. The molecule has 0 atom stereocenters. The van der Waals surface area contributed by atoms with Gasteiger partial charge in [0.05, 0.1) is 6.61 Å². The molecule has 2 amide bonds. The number of anilines is 1. The lowest BCUT2D eigenvalue weighted by atomic mass is 9.96. The number of rotatable bonds is 8. The van der Waals surface area contributed by atoms with Crippen LogP contribution in [0.15, 0.2) is 30.3 Å². The van der Waals surface area contributed by atoms with Gasteiger partial charge in [0.15, 0.2) is 0 Å². The normalized spacial score (nSPS) is 11.2. The molecule has 0 radical (unpaired) electrons. The highest BCUT2D eigenvalue weighted by atomic mass is 16.5. The first-order valence-electron chi connectivity index (χ1n) is 8.75. The minimum absolute atomic E-state index is 0.0237. The smallest absolute Gasteiger partial charge is 0.330 e. The fourth-order valence-electron chi connectivity index (χ4n) is 1.97. The number of esters is 1. The average Bonchev–Trinajstić information content (AvgIpc) is 2.57. The van der Waals surface area contributed by atoms with Crippen LogP contribution in [0.3, 0.4) is 0 Å². The molecule has 26 heavy (non-hydrogen) atoms. The van der Waals surface area contributed by atoms with Crippen molar-refractivity contribution < 1.29 is 19.1 Å². The molecular formula is C20H28N2O4. The quantitative estimate of drug-likeness (QED) is 0.424. The van der Waals surface area contributed by atoms with Crippen LogP contribution in [-0.4, -0.2) is 30.9 Å². The number of hydrogen-bond donors (Lipinski definition) is 2. The molecule has 0 bridgehead atoms. The van der Waals surface area contributed by atoms with Crippen LogP contribution in [0, 0.1) is 5.41 Å². The Kier molecular flexibility index (Phi) is 8.55. The zero-order valence-corrected chi connectivity index (χ0v) is 15.9. The lowest BCUT2D eigenvalue weighted by Gasteiger charge is -2.17. The lowest BCUT2D eigenvalue weighted by molar-refractivity contribution is -0.137. The number of ether oxygens (including phenoxy) is 1. The molecule has 0 unspecified atom stereocenters. The zero-order valence-electron chi connectivity index (χ0n) is 15.9. The van der Waals surface area contributed by atoms with Crippen LogP contribution < -0.4 is 10.6 Å². The van der Waals surface area contributed by atoms with E-state index in [2.05, 4.69) is 10.6 Å². The highest BCUT2D eigenvalue weighted by Crippen LogP contribution is 2.13. The van der Waals surface area contributed by atoms with Gasteiger partial charge in [-0.1, -0.05) is 32.9 Å². The van der Waals surface area contributed by atoms with Crippen molar-refractivity contribution in [2.45, 2.75) is 40.5 Å². The second-order valence-electron chi connectivity index (χ2n) is 6.87. The molecule has 1 rings (SSSR count). The first kappa shape index (κ1) is 21.4. The Bertz CT molecular complexity index is 643. The fourth-order valence-corrected chi connectivity index (χ4v) is 1.97. The van der Waals surface area contributed by atoms with E-state index in [-0.39, 0.29) is 17.8 Å². The van der Waals surface area contributed by atoms with E-state index in [4.69, 9.17) is 4.74 Å². The van der Waals surface area contributed by atoms with Crippen LogP contribution >= 0.6 is 0 Å². The van der Waals surface area contributed by atoms with Gasteiger partial charge in [0.25, 0.3) is 0 Å². The Balaban J connectivity index is 2.36. The second kappa shape index (κ2) is 10.4. The molecule has 0 aliphatic carbocycles. The van der Waals surface area contributed by atoms with Crippen LogP contribution in [-0.2, 0) is 19.1 Å². The molecule has 2 N–H and O–H groups in total. The highest BCUT2D eigenvalue weighted by Gasteiger charge is 2.20. The minimum Gasteiger partial charge on any atom is -0.463 e. The van der Waals surface area contributed by atoms with Crippen LogP contribution in [0.25, 0.3) is 6.08 Å². The minimum atomic E-state index is -0.425. The van der Waals surface area contributed by atoms with E-state index in [9.17, 15) is 14.4 Å². The molecular weight excluding hydrogens is 332 g/mol. The molecule has 0 aliphatic rings. The molecule has 0 fully saturated rings. The molecule has 0 spiro atoms. The van der Waals surface area contributed by atoms with E-state index < -0.39 is 5.41 Å². The summed E-state index contributed by atoms with van der Waals surface area (Å²) in [5.74, 6) is -0.516. The van der Waals surface area contributed by atoms with Crippen molar-refractivity contribution in [3.63, 3.8) is 0 Å². The van der Waals surface area contributed by atoms with Gasteiger partial charge in [0.2, 0.25) is 11.8 Å². The van der Waals surface area contributed by atoms with Gasteiger partial charge in [-0.05, 0) is 37.1 Å². The number of carbonyl (C=O) groups excluding carboxylic acids is 3. The van der Waals surface area contributed by atoms with Gasteiger partial charge in [0, 0.05) is 30.1 Å². The zero-order chi connectivity index (χ0) is 19.6. The molecule has 1 aromatic carbocycles. The number of benzene rings is 1. The monoisotopic (exact) mass is 360 g/mol. The summed E-state index contributed by atoms with van der Waals surface area (Å²) in [5.41, 5.74) is 1.09. The average molecular weight is 360 g/mol. The number of carbonyl (C=O) groups is 3. The van der Waals surface area contributed by atoms with E-state index in [0.717, 1.165) is 5.56 Å². The van der Waals surface area contributed by atoms with Crippen LogP contribution in [0.5, 0.6) is 0 Å². The Morgan fingerprint density at radius 2 is 1.77 bits per heavy atom. The SMILES string of the molecule is CCOC(=O)/C=C/c1ccc(NC(=O)CCCNC(=O)C(C)(C)C)cc1. The standard InChI is InChI=1S/C20H28N2O4/c1-5-26-18(24)13-10-15-8-11-16(12-9-15)22-17(23)7-6-14-21-19(25)20(2,3)4/h8-13H,5-7,14H2,1-4H3,(H,21,25)(H,22,23)/b13-10+. The third kappa shape index (κ3) is 8.46. The van der Waals surface area contributed by atoms with E-state index in [0.29, 0.717) is 31.7 Å².